The Morgan fingerprint density at radius 2 is 2.50 bits per heavy atom. The first-order chi connectivity index (χ1) is 7.86. The van der Waals surface area contributed by atoms with E-state index in [4.69, 9.17) is 4.74 Å². The van der Waals surface area contributed by atoms with Gasteiger partial charge in [-0.1, -0.05) is 0 Å². The standard InChI is InChI=1S/C12H21N3O/c1-3-15-8-7-14-12(15)11(13-2)10-6-4-5-9-16-10/h7-8,10-11,13H,3-6,9H2,1-2H3. The molecular formula is C12H21N3O. The quantitative estimate of drug-likeness (QED) is 0.845. The molecule has 4 heteroatoms. The predicted octanol–water partition coefficient (Wildman–Crippen LogP) is 1.73. The highest BCUT2D eigenvalue weighted by Gasteiger charge is 2.27. The van der Waals surface area contributed by atoms with Crippen molar-refractivity contribution in [3.63, 3.8) is 0 Å². The van der Waals surface area contributed by atoms with Gasteiger partial charge in [0.05, 0.1) is 12.1 Å². The van der Waals surface area contributed by atoms with Crippen molar-refractivity contribution in [1.82, 2.24) is 14.9 Å². The number of aryl methyl sites for hydroxylation is 1. The maximum absolute atomic E-state index is 5.84. The third-order valence-electron chi connectivity index (χ3n) is 3.26. The van der Waals surface area contributed by atoms with E-state index in [0.29, 0.717) is 0 Å². The molecule has 0 saturated carbocycles. The van der Waals surface area contributed by atoms with E-state index in [1.54, 1.807) is 0 Å². The van der Waals surface area contributed by atoms with Gasteiger partial charge >= 0.3 is 0 Å². The van der Waals surface area contributed by atoms with Crippen molar-refractivity contribution in [3.05, 3.63) is 18.2 Å². The van der Waals surface area contributed by atoms with E-state index < -0.39 is 0 Å². The fourth-order valence-electron chi connectivity index (χ4n) is 2.38. The van der Waals surface area contributed by atoms with Crippen LogP contribution >= 0.6 is 0 Å². The van der Waals surface area contributed by atoms with E-state index in [2.05, 4.69) is 21.8 Å². The molecule has 0 aliphatic carbocycles. The van der Waals surface area contributed by atoms with E-state index in [1.807, 2.05) is 19.4 Å². The van der Waals surface area contributed by atoms with Crippen molar-refractivity contribution >= 4 is 0 Å². The summed E-state index contributed by atoms with van der Waals surface area (Å²) in [5, 5.41) is 3.34. The van der Waals surface area contributed by atoms with Crippen molar-refractivity contribution in [2.45, 2.75) is 44.9 Å². The molecule has 2 unspecified atom stereocenters. The largest absolute Gasteiger partial charge is 0.376 e. The predicted molar refractivity (Wildman–Crippen MR) is 63.3 cm³/mol. The molecule has 1 N–H and O–H groups in total. The van der Waals surface area contributed by atoms with Gasteiger partial charge in [0.1, 0.15) is 5.82 Å². The zero-order valence-electron chi connectivity index (χ0n) is 10.1. The summed E-state index contributed by atoms with van der Waals surface area (Å²) in [4.78, 5) is 4.45. The van der Waals surface area contributed by atoms with E-state index in [0.717, 1.165) is 25.4 Å². The molecule has 1 aliphatic heterocycles. The molecule has 1 aromatic heterocycles. The minimum atomic E-state index is 0.218. The van der Waals surface area contributed by atoms with Crippen LogP contribution in [0.25, 0.3) is 0 Å². The van der Waals surface area contributed by atoms with Crippen LogP contribution in [0.5, 0.6) is 0 Å². The Balaban J connectivity index is 2.14. The number of nitrogens with one attached hydrogen (secondary N) is 1. The molecule has 2 rings (SSSR count). The highest BCUT2D eigenvalue weighted by Crippen LogP contribution is 2.25. The number of ether oxygens (including phenoxy) is 1. The van der Waals surface area contributed by atoms with Gasteiger partial charge < -0.3 is 14.6 Å². The van der Waals surface area contributed by atoms with Gasteiger partial charge in [0.2, 0.25) is 0 Å². The zero-order chi connectivity index (χ0) is 11.4. The summed E-state index contributed by atoms with van der Waals surface area (Å²) in [6, 6.07) is 0.218. The molecular weight excluding hydrogens is 202 g/mol. The van der Waals surface area contributed by atoms with Gasteiger partial charge in [-0.15, -0.1) is 0 Å². The van der Waals surface area contributed by atoms with Gasteiger partial charge in [-0.3, -0.25) is 0 Å². The van der Waals surface area contributed by atoms with Crippen molar-refractivity contribution in [1.29, 1.82) is 0 Å². The van der Waals surface area contributed by atoms with E-state index in [9.17, 15) is 0 Å². The van der Waals surface area contributed by atoms with Gasteiger partial charge in [-0.25, -0.2) is 4.98 Å². The molecule has 1 saturated heterocycles. The van der Waals surface area contributed by atoms with Crippen LogP contribution in [0.3, 0.4) is 0 Å². The summed E-state index contributed by atoms with van der Waals surface area (Å²) in [6.45, 7) is 3.98. The number of likely N-dealkylation sites (N-methyl/N-ethyl adjacent to an activating group) is 1. The van der Waals surface area contributed by atoms with Crippen molar-refractivity contribution < 1.29 is 4.74 Å². The molecule has 2 heterocycles. The molecule has 0 spiro atoms. The monoisotopic (exact) mass is 223 g/mol. The highest BCUT2D eigenvalue weighted by molar-refractivity contribution is 5.02. The Bertz CT molecular complexity index is 318. The maximum Gasteiger partial charge on any atom is 0.128 e. The number of hydrogen-bond donors (Lipinski definition) is 1. The lowest BCUT2D eigenvalue weighted by Gasteiger charge is -2.30. The maximum atomic E-state index is 5.84. The Hall–Kier alpha value is -0.870. The molecule has 1 aromatic rings. The SMILES string of the molecule is CCn1ccnc1C(NC)C1CCCCO1. The average Bonchev–Trinajstić information content (AvgIpc) is 2.80. The van der Waals surface area contributed by atoms with E-state index in [-0.39, 0.29) is 12.1 Å². The first kappa shape index (κ1) is 11.6. The molecule has 16 heavy (non-hydrogen) atoms. The van der Waals surface area contributed by atoms with E-state index in [1.165, 1.54) is 12.8 Å². The Labute approximate surface area is 97.0 Å². The van der Waals surface area contributed by atoms with Crippen LogP contribution in [0.4, 0.5) is 0 Å². The second-order valence-electron chi connectivity index (χ2n) is 4.24. The van der Waals surface area contributed by atoms with Crippen LogP contribution in [0, 0.1) is 0 Å². The molecule has 0 amide bonds. The summed E-state index contributed by atoms with van der Waals surface area (Å²) in [5.74, 6) is 1.09. The second kappa shape index (κ2) is 5.46. The molecule has 1 aliphatic rings. The normalized spacial score (nSPS) is 23.2. The zero-order valence-corrected chi connectivity index (χ0v) is 10.1. The Kier molecular flexibility index (Phi) is 3.96. The molecule has 0 aromatic carbocycles. The van der Waals surface area contributed by atoms with Gasteiger partial charge in [0.15, 0.2) is 0 Å². The molecule has 0 radical (unpaired) electrons. The summed E-state index contributed by atoms with van der Waals surface area (Å²) in [7, 11) is 1.98. The smallest absolute Gasteiger partial charge is 0.128 e. The van der Waals surface area contributed by atoms with Gasteiger partial charge in [-0.2, -0.15) is 0 Å². The van der Waals surface area contributed by atoms with Gasteiger partial charge in [-0.05, 0) is 33.2 Å². The highest BCUT2D eigenvalue weighted by atomic mass is 16.5. The van der Waals surface area contributed by atoms with Crippen LogP contribution in [-0.2, 0) is 11.3 Å². The van der Waals surface area contributed by atoms with Crippen LogP contribution < -0.4 is 5.32 Å². The van der Waals surface area contributed by atoms with Crippen LogP contribution in [0.2, 0.25) is 0 Å². The minimum absolute atomic E-state index is 0.218. The minimum Gasteiger partial charge on any atom is -0.376 e. The molecule has 1 fully saturated rings. The fraction of sp³-hybridized carbons (Fsp3) is 0.750. The number of rotatable bonds is 4. The lowest BCUT2D eigenvalue weighted by molar-refractivity contribution is -0.00907. The first-order valence-corrected chi connectivity index (χ1v) is 6.16. The number of nitrogens with zero attached hydrogens (tertiary/aromatic N) is 2. The van der Waals surface area contributed by atoms with Crippen LogP contribution in [0.1, 0.15) is 38.1 Å². The van der Waals surface area contributed by atoms with Crippen LogP contribution in [-0.4, -0.2) is 29.3 Å². The molecule has 90 valence electrons. The van der Waals surface area contributed by atoms with Crippen molar-refractivity contribution in [2.75, 3.05) is 13.7 Å². The van der Waals surface area contributed by atoms with E-state index >= 15 is 0 Å². The average molecular weight is 223 g/mol. The molecule has 0 bridgehead atoms. The van der Waals surface area contributed by atoms with Crippen molar-refractivity contribution in [2.24, 2.45) is 0 Å². The number of imidazole rings is 1. The lowest BCUT2D eigenvalue weighted by Crippen LogP contribution is -2.36. The Morgan fingerprint density at radius 3 is 3.12 bits per heavy atom. The summed E-state index contributed by atoms with van der Waals surface area (Å²) in [6.07, 6.45) is 7.74. The van der Waals surface area contributed by atoms with Gasteiger partial charge in [0, 0.05) is 25.5 Å². The lowest BCUT2D eigenvalue weighted by atomic mass is 10.0. The summed E-state index contributed by atoms with van der Waals surface area (Å²) < 4.78 is 8.02. The Morgan fingerprint density at radius 1 is 1.62 bits per heavy atom. The fourth-order valence-corrected chi connectivity index (χ4v) is 2.38. The molecule has 2 atom stereocenters. The third-order valence-corrected chi connectivity index (χ3v) is 3.26. The number of aromatic nitrogens is 2. The third kappa shape index (κ3) is 2.28. The van der Waals surface area contributed by atoms with Gasteiger partial charge in [0.25, 0.3) is 0 Å². The molecule has 4 nitrogen and oxygen atoms in total. The summed E-state index contributed by atoms with van der Waals surface area (Å²) in [5.41, 5.74) is 0. The topological polar surface area (TPSA) is 39.1 Å². The first-order valence-electron chi connectivity index (χ1n) is 6.16. The van der Waals surface area contributed by atoms with Crippen LogP contribution in [0.15, 0.2) is 12.4 Å². The summed E-state index contributed by atoms with van der Waals surface area (Å²) >= 11 is 0. The number of hydrogen-bond acceptors (Lipinski definition) is 3. The van der Waals surface area contributed by atoms with Crippen molar-refractivity contribution in [3.8, 4) is 0 Å². The second-order valence-corrected chi connectivity index (χ2v) is 4.24.